The average Bonchev–Trinajstić information content (AvgIpc) is 3.01. The van der Waals surface area contributed by atoms with Gasteiger partial charge in [-0.2, -0.15) is 4.98 Å². The van der Waals surface area contributed by atoms with Crippen LogP contribution in [0.25, 0.3) is 11.2 Å². The van der Waals surface area contributed by atoms with Gasteiger partial charge in [-0.1, -0.05) is 0 Å². The number of anilines is 1. The van der Waals surface area contributed by atoms with Crippen molar-refractivity contribution < 1.29 is 8.42 Å². The maximum Gasteiger partial charge on any atom is 0.278 e. The number of fused-ring (bicyclic) bond motifs is 2. The van der Waals surface area contributed by atoms with Gasteiger partial charge < -0.3 is 10.3 Å². The summed E-state index contributed by atoms with van der Waals surface area (Å²) in [6.07, 6.45) is 1.38. The van der Waals surface area contributed by atoms with Gasteiger partial charge in [0, 0.05) is 0 Å². The highest BCUT2D eigenvalue weighted by atomic mass is 32.2. The minimum absolute atomic E-state index is 0.0207. The molecule has 0 radical (unpaired) electrons. The smallest absolute Gasteiger partial charge is 0.278 e. The summed E-state index contributed by atoms with van der Waals surface area (Å²) >= 11 is 5.23. The molecule has 11 heteroatoms. The number of rotatable bonds is 1. The molecule has 9 nitrogen and oxygen atoms in total. The Bertz CT molecular complexity index is 916. The molecule has 0 spiro atoms. The zero-order valence-corrected chi connectivity index (χ0v) is 12.2. The van der Waals surface area contributed by atoms with E-state index < -0.39 is 9.84 Å². The van der Waals surface area contributed by atoms with Crippen molar-refractivity contribution in [3.8, 4) is 0 Å². The number of aromatic nitrogens is 4. The Morgan fingerprint density at radius 1 is 1.38 bits per heavy atom. The Labute approximate surface area is 123 Å². The summed E-state index contributed by atoms with van der Waals surface area (Å²) in [5.74, 6) is 0.220. The number of aromatic amines is 2. The average molecular weight is 326 g/mol. The van der Waals surface area contributed by atoms with Gasteiger partial charge in [-0.3, -0.25) is 14.7 Å². The van der Waals surface area contributed by atoms with E-state index in [-0.39, 0.29) is 46.3 Å². The third kappa shape index (κ3) is 1.84. The topological polar surface area (TPSA) is 124 Å². The van der Waals surface area contributed by atoms with Crippen LogP contribution in [0.4, 0.5) is 5.95 Å². The van der Waals surface area contributed by atoms with E-state index in [1.165, 1.54) is 6.33 Å². The molecule has 110 valence electrons. The van der Waals surface area contributed by atoms with Gasteiger partial charge in [0.05, 0.1) is 29.9 Å². The lowest BCUT2D eigenvalue weighted by Gasteiger charge is -2.20. The minimum atomic E-state index is -3.12. The minimum Gasteiger partial charge on any atom is -0.356 e. The van der Waals surface area contributed by atoms with Crippen LogP contribution in [-0.4, -0.2) is 57.1 Å². The predicted molar refractivity (Wildman–Crippen MR) is 79.0 cm³/mol. The molecule has 2 aromatic rings. The fourth-order valence-electron chi connectivity index (χ4n) is 2.80. The van der Waals surface area contributed by atoms with Crippen molar-refractivity contribution >= 4 is 44.3 Å². The lowest BCUT2D eigenvalue weighted by atomic mass is 10.2. The number of thiocarbonyl (C=S) groups is 1. The third-order valence-corrected chi connectivity index (χ3v) is 5.72. The fourth-order valence-corrected chi connectivity index (χ4v) is 5.06. The van der Waals surface area contributed by atoms with E-state index in [0.29, 0.717) is 5.11 Å². The van der Waals surface area contributed by atoms with E-state index in [9.17, 15) is 13.2 Å². The van der Waals surface area contributed by atoms with Crippen molar-refractivity contribution in [3.63, 3.8) is 0 Å². The van der Waals surface area contributed by atoms with Crippen molar-refractivity contribution in [3.05, 3.63) is 16.7 Å². The van der Waals surface area contributed by atoms with Crippen LogP contribution in [0.15, 0.2) is 11.1 Å². The Morgan fingerprint density at radius 2 is 2.19 bits per heavy atom. The van der Waals surface area contributed by atoms with Crippen LogP contribution in [0, 0.1) is 0 Å². The largest absolute Gasteiger partial charge is 0.356 e. The maximum absolute atomic E-state index is 12.0. The Kier molecular flexibility index (Phi) is 2.43. The number of nitrogens with one attached hydrogen (secondary N) is 3. The summed E-state index contributed by atoms with van der Waals surface area (Å²) in [7, 11) is -3.12. The van der Waals surface area contributed by atoms with E-state index in [0.717, 1.165) is 0 Å². The SMILES string of the molecule is O=c1[nH]c(N2C(=S)N[C@@H]3CS(=O)(=O)C[C@@H]32)nc2nc[nH]c12. The molecule has 4 heterocycles. The molecule has 3 N–H and O–H groups in total. The summed E-state index contributed by atoms with van der Waals surface area (Å²) in [5, 5.41) is 3.33. The van der Waals surface area contributed by atoms with Crippen LogP contribution in [-0.2, 0) is 9.84 Å². The first-order valence-electron chi connectivity index (χ1n) is 6.18. The monoisotopic (exact) mass is 326 g/mol. The van der Waals surface area contributed by atoms with E-state index in [2.05, 4.69) is 25.3 Å². The molecule has 0 amide bonds. The summed E-state index contributed by atoms with van der Waals surface area (Å²) in [5.41, 5.74) is 0.160. The number of H-pyrrole nitrogens is 2. The summed E-state index contributed by atoms with van der Waals surface area (Å²) in [6, 6.07) is -0.635. The molecule has 0 saturated carbocycles. The van der Waals surface area contributed by atoms with E-state index in [1.54, 1.807) is 4.90 Å². The lowest BCUT2D eigenvalue weighted by molar-refractivity contribution is 0.600. The van der Waals surface area contributed by atoms with Gasteiger partial charge in [-0.05, 0) is 12.2 Å². The predicted octanol–water partition coefficient (Wildman–Crippen LogP) is -1.49. The van der Waals surface area contributed by atoms with Crippen LogP contribution in [0.1, 0.15) is 0 Å². The normalized spacial score (nSPS) is 27.0. The second-order valence-electron chi connectivity index (χ2n) is 5.06. The van der Waals surface area contributed by atoms with Crippen molar-refractivity contribution in [2.45, 2.75) is 12.1 Å². The molecule has 2 saturated heterocycles. The van der Waals surface area contributed by atoms with Crippen LogP contribution < -0.4 is 15.8 Å². The standard InChI is InChI=1S/C10H10N6O3S2/c17-8-6-7(12-3-11-6)14-9(15-8)16-5-2-21(18,19)1-4(5)13-10(16)20/h3-5H,1-2H2,(H,13,20)(H2,11,12,14,15,17)/t4-,5+/m1/s1. The molecule has 2 atom stereocenters. The maximum atomic E-state index is 12.0. The van der Waals surface area contributed by atoms with Crippen LogP contribution in [0.3, 0.4) is 0 Å². The first kappa shape index (κ1) is 12.7. The summed E-state index contributed by atoms with van der Waals surface area (Å²) < 4.78 is 23.5. The highest BCUT2D eigenvalue weighted by Gasteiger charge is 2.48. The number of hydrogen-bond acceptors (Lipinski definition) is 6. The molecule has 4 rings (SSSR count). The van der Waals surface area contributed by atoms with Crippen molar-refractivity contribution in [1.29, 1.82) is 0 Å². The van der Waals surface area contributed by atoms with Gasteiger partial charge in [0.25, 0.3) is 5.56 Å². The molecule has 0 unspecified atom stereocenters. The molecule has 0 aliphatic carbocycles. The quantitative estimate of drug-likeness (QED) is 0.541. The molecule has 2 aliphatic rings. The lowest BCUT2D eigenvalue weighted by Crippen LogP contribution is -2.39. The van der Waals surface area contributed by atoms with Gasteiger partial charge in [0.15, 0.2) is 26.1 Å². The first-order chi connectivity index (χ1) is 9.94. The Morgan fingerprint density at radius 3 is 3.00 bits per heavy atom. The zero-order valence-electron chi connectivity index (χ0n) is 10.5. The summed E-state index contributed by atoms with van der Waals surface area (Å²) in [6.45, 7) is 0. The van der Waals surface area contributed by atoms with E-state index >= 15 is 0 Å². The van der Waals surface area contributed by atoms with Gasteiger partial charge in [0.2, 0.25) is 5.95 Å². The molecule has 2 aromatic heterocycles. The third-order valence-electron chi connectivity index (χ3n) is 3.69. The van der Waals surface area contributed by atoms with Crippen LogP contribution >= 0.6 is 12.2 Å². The number of imidazole rings is 1. The first-order valence-corrected chi connectivity index (χ1v) is 8.41. The second kappa shape index (κ2) is 4.01. The molecule has 2 fully saturated rings. The highest BCUT2D eigenvalue weighted by Crippen LogP contribution is 2.27. The number of sulfone groups is 1. The molecular formula is C10H10N6O3S2. The number of hydrogen-bond donors (Lipinski definition) is 3. The number of nitrogens with zero attached hydrogens (tertiary/aromatic N) is 3. The van der Waals surface area contributed by atoms with Crippen LogP contribution in [0.2, 0.25) is 0 Å². The molecule has 0 bridgehead atoms. The highest BCUT2D eigenvalue weighted by molar-refractivity contribution is 7.91. The van der Waals surface area contributed by atoms with E-state index in [4.69, 9.17) is 12.2 Å². The van der Waals surface area contributed by atoms with Crippen molar-refractivity contribution in [2.75, 3.05) is 16.4 Å². The van der Waals surface area contributed by atoms with Gasteiger partial charge >= 0.3 is 0 Å². The Balaban J connectivity index is 1.84. The Hall–Kier alpha value is -2.01. The van der Waals surface area contributed by atoms with E-state index in [1.807, 2.05) is 0 Å². The van der Waals surface area contributed by atoms with Crippen LogP contribution in [0.5, 0.6) is 0 Å². The van der Waals surface area contributed by atoms with Gasteiger partial charge in [0.1, 0.15) is 0 Å². The van der Waals surface area contributed by atoms with Gasteiger partial charge in [-0.15, -0.1) is 0 Å². The fraction of sp³-hybridized carbons (Fsp3) is 0.400. The van der Waals surface area contributed by atoms with Crippen molar-refractivity contribution in [2.24, 2.45) is 0 Å². The molecule has 0 aromatic carbocycles. The van der Waals surface area contributed by atoms with Gasteiger partial charge in [-0.25, -0.2) is 13.4 Å². The molecule has 21 heavy (non-hydrogen) atoms. The van der Waals surface area contributed by atoms with Crippen molar-refractivity contribution in [1.82, 2.24) is 25.3 Å². The molecule has 2 aliphatic heterocycles. The zero-order chi connectivity index (χ0) is 14.8. The second-order valence-corrected chi connectivity index (χ2v) is 7.60. The molecular weight excluding hydrogens is 316 g/mol. The summed E-state index contributed by atoms with van der Waals surface area (Å²) in [4.78, 5) is 27.0.